The van der Waals surface area contributed by atoms with Crippen LogP contribution in [0.4, 0.5) is 0 Å². The molecule has 0 unspecified atom stereocenters. The third-order valence-electron chi connectivity index (χ3n) is 2.96. The van der Waals surface area contributed by atoms with Crippen molar-refractivity contribution in [3.63, 3.8) is 0 Å². The van der Waals surface area contributed by atoms with E-state index in [0.29, 0.717) is 12.2 Å². The van der Waals surface area contributed by atoms with Crippen LogP contribution in [0.25, 0.3) is 0 Å². The molecule has 0 saturated heterocycles. The lowest BCUT2D eigenvalue weighted by Crippen LogP contribution is -2.26. The number of benzene rings is 1. The molecule has 1 amide bonds. The second-order valence-electron chi connectivity index (χ2n) is 4.44. The minimum Gasteiger partial charge on any atom is -0.494 e. The smallest absolute Gasteiger partial charge is 0.253 e. The minimum absolute atomic E-state index is 0.0709. The molecule has 20 heavy (non-hydrogen) atoms. The predicted molar refractivity (Wildman–Crippen MR) is 77.7 cm³/mol. The number of nitrogens with one attached hydrogen (secondary N) is 1. The van der Waals surface area contributed by atoms with Gasteiger partial charge in [0.25, 0.3) is 5.91 Å². The van der Waals surface area contributed by atoms with Crippen molar-refractivity contribution in [3.05, 3.63) is 59.9 Å². The molecule has 1 N–H and O–H groups in total. The zero-order valence-electron chi connectivity index (χ0n) is 11.7. The number of rotatable bonds is 5. The topological polar surface area (TPSA) is 51.2 Å². The second-order valence-corrected chi connectivity index (χ2v) is 4.44. The van der Waals surface area contributed by atoms with Gasteiger partial charge in [0.15, 0.2) is 0 Å². The van der Waals surface area contributed by atoms with E-state index in [4.69, 9.17) is 4.74 Å². The number of amides is 1. The number of nitrogens with zero attached hydrogens (tertiary/aromatic N) is 1. The van der Waals surface area contributed by atoms with E-state index in [1.54, 1.807) is 24.5 Å². The van der Waals surface area contributed by atoms with Crippen LogP contribution in [0.1, 0.15) is 35.8 Å². The molecule has 2 rings (SSSR count). The Labute approximate surface area is 118 Å². The van der Waals surface area contributed by atoms with Gasteiger partial charge in [0.1, 0.15) is 5.75 Å². The lowest BCUT2D eigenvalue weighted by Gasteiger charge is -2.14. The molecule has 0 aliphatic rings. The maximum atomic E-state index is 12.0. The Morgan fingerprint density at radius 3 is 2.65 bits per heavy atom. The summed E-state index contributed by atoms with van der Waals surface area (Å²) in [5, 5.41) is 2.94. The van der Waals surface area contributed by atoms with Crippen molar-refractivity contribution < 1.29 is 9.53 Å². The Balaban J connectivity index is 2.01. The molecule has 0 saturated carbocycles. The third kappa shape index (κ3) is 3.57. The van der Waals surface area contributed by atoms with Crippen LogP contribution in [0.2, 0.25) is 0 Å². The lowest BCUT2D eigenvalue weighted by atomic mass is 10.1. The molecule has 0 fully saturated rings. The molecule has 1 heterocycles. The monoisotopic (exact) mass is 270 g/mol. The van der Waals surface area contributed by atoms with Gasteiger partial charge in [0.2, 0.25) is 0 Å². The Kier molecular flexibility index (Phi) is 4.71. The largest absolute Gasteiger partial charge is 0.494 e. The molecule has 0 aliphatic carbocycles. The summed E-state index contributed by atoms with van der Waals surface area (Å²) in [4.78, 5) is 16.0. The van der Waals surface area contributed by atoms with Gasteiger partial charge in [0.05, 0.1) is 18.2 Å². The van der Waals surface area contributed by atoms with Crippen LogP contribution in [0, 0.1) is 0 Å². The Morgan fingerprint density at radius 1 is 1.30 bits per heavy atom. The van der Waals surface area contributed by atoms with Crippen LogP contribution in [-0.4, -0.2) is 17.5 Å². The van der Waals surface area contributed by atoms with Crippen molar-refractivity contribution in [1.82, 2.24) is 10.3 Å². The number of carbonyl (C=O) groups is 1. The van der Waals surface area contributed by atoms with E-state index in [9.17, 15) is 4.79 Å². The molecule has 1 aromatic heterocycles. The van der Waals surface area contributed by atoms with E-state index < -0.39 is 0 Å². The third-order valence-corrected chi connectivity index (χ3v) is 2.96. The van der Waals surface area contributed by atoms with Gasteiger partial charge in [-0.05, 0) is 43.7 Å². The number of pyridine rings is 1. The van der Waals surface area contributed by atoms with Crippen molar-refractivity contribution in [2.24, 2.45) is 0 Å². The Bertz CT molecular complexity index is 552. The van der Waals surface area contributed by atoms with E-state index in [1.165, 1.54) is 0 Å². The fourth-order valence-electron chi connectivity index (χ4n) is 1.88. The fraction of sp³-hybridized carbons (Fsp3) is 0.250. The van der Waals surface area contributed by atoms with Crippen LogP contribution in [0.15, 0.2) is 48.8 Å². The second kappa shape index (κ2) is 6.70. The van der Waals surface area contributed by atoms with Crippen LogP contribution in [0.5, 0.6) is 5.75 Å². The number of aromatic nitrogens is 1. The van der Waals surface area contributed by atoms with Crippen LogP contribution in [0.3, 0.4) is 0 Å². The predicted octanol–water partition coefficient (Wildman–Crippen LogP) is 2.97. The SMILES string of the molecule is CCOc1ccc([C@H](C)NC(=O)c2cccnc2)cc1. The van der Waals surface area contributed by atoms with Gasteiger partial charge >= 0.3 is 0 Å². The van der Waals surface area contributed by atoms with Gasteiger partial charge in [-0.25, -0.2) is 0 Å². The summed E-state index contributed by atoms with van der Waals surface area (Å²) in [6.07, 6.45) is 3.20. The van der Waals surface area contributed by atoms with E-state index in [0.717, 1.165) is 11.3 Å². The molecule has 1 atom stereocenters. The summed E-state index contributed by atoms with van der Waals surface area (Å²) in [6.45, 7) is 4.54. The van der Waals surface area contributed by atoms with Gasteiger partial charge in [-0.1, -0.05) is 12.1 Å². The first-order chi connectivity index (χ1) is 9.70. The van der Waals surface area contributed by atoms with E-state index in [1.807, 2.05) is 38.1 Å². The summed E-state index contributed by atoms with van der Waals surface area (Å²) >= 11 is 0. The molecule has 0 bridgehead atoms. The van der Waals surface area contributed by atoms with E-state index in [-0.39, 0.29) is 11.9 Å². The van der Waals surface area contributed by atoms with Crippen LogP contribution in [-0.2, 0) is 0 Å². The summed E-state index contributed by atoms with van der Waals surface area (Å²) in [7, 11) is 0. The number of carbonyl (C=O) groups excluding carboxylic acids is 1. The summed E-state index contributed by atoms with van der Waals surface area (Å²) in [5.41, 5.74) is 1.59. The zero-order valence-corrected chi connectivity index (χ0v) is 11.7. The average Bonchev–Trinajstić information content (AvgIpc) is 2.49. The zero-order chi connectivity index (χ0) is 14.4. The maximum Gasteiger partial charge on any atom is 0.253 e. The molecular weight excluding hydrogens is 252 g/mol. The standard InChI is InChI=1S/C16H18N2O2/c1-3-20-15-8-6-13(7-9-15)12(2)18-16(19)14-5-4-10-17-11-14/h4-12H,3H2,1-2H3,(H,18,19)/t12-/m0/s1. The van der Waals surface area contributed by atoms with Crippen molar-refractivity contribution in [2.45, 2.75) is 19.9 Å². The van der Waals surface area contributed by atoms with Gasteiger partial charge in [-0.3, -0.25) is 9.78 Å². The highest BCUT2D eigenvalue weighted by molar-refractivity contribution is 5.94. The molecular formula is C16H18N2O2. The molecule has 2 aromatic rings. The van der Waals surface area contributed by atoms with E-state index in [2.05, 4.69) is 10.3 Å². The quantitative estimate of drug-likeness (QED) is 0.908. The number of hydrogen-bond acceptors (Lipinski definition) is 3. The van der Waals surface area contributed by atoms with Gasteiger partial charge in [-0.2, -0.15) is 0 Å². The number of ether oxygens (including phenoxy) is 1. The molecule has 0 spiro atoms. The normalized spacial score (nSPS) is 11.7. The molecule has 0 radical (unpaired) electrons. The Hall–Kier alpha value is -2.36. The van der Waals surface area contributed by atoms with Gasteiger partial charge in [-0.15, -0.1) is 0 Å². The summed E-state index contributed by atoms with van der Waals surface area (Å²) < 4.78 is 5.40. The number of hydrogen-bond donors (Lipinski definition) is 1. The minimum atomic E-state index is -0.125. The fourth-order valence-corrected chi connectivity index (χ4v) is 1.88. The molecule has 104 valence electrons. The highest BCUT2D eigenvalue weighted by atomic mass is 16.5. The van der Waals surface area contributed by atoms with Crippen molar-refractivity contribution >= 4 is 5.91 Å². The maximum absolute atomic E-state index is 12.0. The summed E-state index contributed by atoms with van der Waals surface area (Å²) in [5.74, 6) is 0.710. The van der Waals surface area contributed by atoms with Crippen LogP contribution >= 0.6 is 0 Å². The molecule has 4 heteroatoms. The average molecular weight is 270 g/mol. The Morgan fingerprint density at radius 2 is 2.05 bits per heavy atom. The first kappa shape index (κ1) is 14.1. The highest BCUT2D eigenvalue weighted by Crippen LogP contribution is 2.18. The molecule has 0 aliphatic heterocycles. The highest BCUT2D eigenvalue weighted by Gasteiger charge is 2.11. The lowest BCUT2D eigenvalue weighted by molar-refractivity contribution is 0.0939. The van der Waals surface area contributed by atoms with Crippen molar-refractivity contribution in [2.75, 3.05) is 6.61 Å². The van der Waals surface area contributed by atoms with Gasteiger partial charge in [0, 0.05) is 12.4 Å². The van der Waals surface area contributed by atoms with Crippen molar-refractivity contribution in [1.29, 1.82) is 0 Å². The summed E-state index contributed by atoms with van der Waals surface area (Å²) in [6, 6.07) is 11.2. The first-order valence-corrected chi connectivity index (χ1v) is 6.64. The van der Waals surface area contributed by atoms with E-state index >= 15 is 0 Å². The van der Waals surface area contributed by atoms with Crippen molar-refractivity contribution in [3.8, 4) is 5.75 Å². The van der Waals surface area contributed by atoms with Gasteiger partial charge < -0.3 is 10.1 Å². The first-order valence-electron chi connectivity index (χ1n) is 6.64. The molecule has 1 aromatic carbocycles. The van der Waals surface area contributed by atoms with Crippen LogP contribution < -0.4 is 10.1 Å². The molecule has 4 nitrogen and oxygen atoms in total.